The molecule has 0 radical (unpaired) electrons. The number of sulfonamides is 1. The number of fused-ring (bicyclic) bond motifs is 1. The summed E-state index contributed by atoms with van der Waals surface area (Å²) in [6.45, 7) is 3.52. The Morgan fingerprint density at radius 3 is 2.48 bits per heavy atom. The number of hydrogen-bond acceptors (Lipinski definition) is 6. The summed E-state index contributed by atoms with van der Waals surface area (Å²) in [5.41, 5.74) is 0.532. The average molecular weight is 619 g/mol. The Morgan fingerprint density at radius 1 is 1.17 bits per heavy atom. The Labute approximate surface area is 249 Å². The van der Waals surface area contributed by atoms with E-state index in [0.717, 1.165) is 0 Å². The van der Waals surface area contributed by atoms with Gasteiger partial charge in [0.05, 0.1) is 35.3 Å². The molecule has 4 rings (SSSR count). The van der Waals surface area contributed by atoms with Crippen LogP contribution in [0.5, 0.6) is 5.75 Å². The van der Waals surface area contributed by atoms with Gasteiger partial charge in [-0.2, -0.15) is 0 Å². The lowest BCUT2D eigenvalue weighted by molar-refractivity contribution is 0.0373. The Bertz CT molecular complexity index is 1540. The van der Waals surface area contributed by atoms with Crippen LogP contribution in [0.1, 0.15) is 24.2 Å². The highest BCUT2D eigenvalue weighted by Crippen LogP contribution is 2.36. The number of anilines is 2. The zero-order valence-electron chi connectivity index (χ0n) is 23.3. The third-order valence-corrected chi connectivity index (χ3v) is 8.59. The first kappa shape index (κ1) is 31.1. The fourth-order valence-corrected chi connectivity index (χ4v) is 5.65. The summed E-state index contributed by atoms with van der Waals surface area (Å²) in [5.74, 6) is -1.22. The van der Waals surface area contributed by atoms with E-state index in [1.54, 1.807) is 14.0 Å². The number of benzene rings is 3. The number of aliphatic hydroxyl groups excluding tert-OH is 1. The number of halogens is 2. The Balaban J connectivity index is 1.68. The van der Waals surface area contributed by atoms with Crippen molar-refractivity contribution < 1.29 is 32.2 Å². The van der Waals surface area contributed by atoms with Crippen LogP contribution in [0.4, 0.5) is 20.6 Å². The number of aliphatic hydroxyl groups is 1. The highest BCUT2D eigenvalue weighted by atomic mass is 35.5. The van der Waals surface area contributed by atoms with Crippen molar-refractivity contribution in [3.05, 3.63) is 83.1 Å². The molecule has 0 aliphatic carbocycles. The third kappa shape index (κ3) is 7.12. The maximum Gasteiger partial charge on any atom is 0.321 e. The molecule has 3 N–H and O–H groups in total. The molecule has 1 aliphatic heterocycles. The van der Waals surface area contributed by atoms with Crippen molar-refractivity contribution in [2.45, 2.75) is 30.9 Å². The Hall–Kier alpha value is -3.87. The SMILES string of the molecule is C[C@H]1CN([C@@H](C)CO)C(=O)c2cccc(NS(=O)(=O)c3ccc(Cl)cc3)c2O[C@H]1CN(C)C(=O)Nc1ccc(F)cc1. The minimum absolute atomic E-state index is 0.000860. The molecule has 224 valence electrons. The predicted molar refractivity (Wildman–Crippen MR) is 158 cm³/mol. The van der Waals surface area contributed by atoms with E-state index in [-0.39, 0.29) is 47.5 Å². The highest BCUT2D eigenvalue weighted by Gasteiger charge is 2.35. The molecule has 0 fully saturated rings. The number of urea groups is 1. The summed E-state index contributed by atoms with van der Waals surface area (Å²) < 4.78 is 48.7. The quantitative estimate of drug-likeness (QED) is 0.337. The van der Waals surface area contributed by atoms with Gasteiger partial charge >= 0.3 is 6.03 Å². The lowest BCUT2D eigenvalue weighted by Crippen LogP contribution is -2.50. The third-order valence-electron chi connectivity index (χ3n) is 6.96. The van der Waals surface area contributed by atoms with Gasteiger partial charge in [-0.1, -0.05) is 24.6 Å². The van der Waals surface area contributed by atoms with E-state index >= 15 is 0 Å². The van der Waals surface area contributed by atoms with Gasteiger partial charge in [-0.25, -0.2) is 17.6 Å². The molecular weight excluding hydrogens is 587 g/mol. The van der Waals surface area contributed by atoms with Crippen molar-refractivity contribution in [3.63, 3.8) is 0 Å². The van der Waals surface area contributed by atoms with E-state index in [0.29, 0.717) is 10.7 Å². The Morgan fingerprint density at radius 2 is 1.83 bits per heavy atom. The van der Waals surface area contributed by atoms with Crippen LogP contribution in [0.3, 0.4) is 0 Å². The lowest BCUT2D eigenvalue weighted by atomic mass is 9.99. The van der Waals surface area contributed by atoms with Crippen LogP contribution in [0, 0.1) is 11.7 Å². The zero-order valence-corrected chi connectivity index (χ0v) is 24.8. The van der Waals surface area contributed by atoms with Gasteiger partial charge in [0.15, 0.2) is 5.75 Å². The summed E-state index contributed by atoms with van der Waals surface area (Å²) in [7, 11) is -2.54. The first-order chi connectivity index (χ1) is 19.9. The molecular formula is C29H32ClFN4O6S. The van der Waals surface area contributed by atoms with Crippen LogP contribution in [0.2, 0.25) is 5.02 Å². The van der Waals surface area contributed by atoms with E-state index in [1.807, 2.05) is 6.92 Å². The summed E-state index contributed by atoms with van der Waals surface area (Å²) in [5, 5.41) is 12.9. The number of rotatable bonds is 8. The molecule has 0 spiro atoms. The van der Waals surface area contributed by atoms with Crippen molar-refractivity contribution in [2.75, 3.05) is 36.8 Å². The monoisotopic (exact) mass is 618 g/mol. The van der Waals surface area contributed by atoms with Gasteiger partial charge in [0.1, 0.15) is 11.9 Å². The number of amides is 3. The molecule has 3 aromatic rings. The topological polar surface area (TPSA) is 128 Å². The van der Waals surface area contributed by atoms with Gasteiger partial charge in [-0.05, 0) is 67.6 Å². The van der Waals surface area contributed by atoms with E-state index in [1.165, 1.54) is 76.5 Å². The fourth-order valence-electron chi connectivity index (χ4n) is 4.46. The van der Waals surface area contributed by atoms with Crippen LogP contribution < -0.4 is 14.8 Å². The van der Waals surface area contributed by atoms with Gasteiger partial charge in [0.25, 0.3) is 15.9 Å². The van der Waals surface area contributed by atoms with Crippen LogP contribution in [0.15, 0.2) is 71.6 Å². The number of nitrogens with zero attached hydrogens (tertiary/aromatic N) is 2. The minimum Gasteiger partial charge on any atom is -0.485 e. The molecule has 3 amide bonds. The lowest BCUT2D eigenvalue weighted by Gasteiger charge is -2.38. The second-order valence-electron chi connectivity index (χ2n) is 10.2. The van der Waals surface area contributed by atoms with Gasteiger partial charge in [-0.15, -0.1) is 0 Å². The van der Waals surface area contributed by atoms with Crippen LogP contribution in [0.25, 0.3) is 0 Å². The van der Waals surface area contributed by atoms with E-state index in [9.17, 15) is 27.5 Å². The molecule has 1 heterocycles. The van der Waals surface area contributed by atoms with Gasteiger partial charge in [-0.3, -0.25) is 9.52 Å². The summed E-state index contributed by atoms with van der Waals surface area (Å²) in [6, 6.07) is 14.4. The number of para-hydroxylation sites is 1. The molecule has 3 atom stereocenters. The summed E-state index contributed by atoms with van der Waals surface area (Å²) >= 11 is 5.92. The van der Waals surface area contributed by atoms with Crippen molar-refractivity contribution >= 4 is 44.9 Å². The van der Waals surface area contributed by atoms with Crippen molar-refractivity contribution in [2.24, 2.45) is 5.92 Å². The molecule has 42 heavy (non-hydrogen) atoms. The van der Waals surface area contributed by atoms with Crippen LogP contribution in [-0.4, -0.2) is 74.2 Å². The van der Waals surface area contributed by atoms with E-state index < -0.39 is 39.9 Å². The van der Waals surface area contributed by atoms with Gasteiger partial charge in [0.2, 0.25) is 0 Å². The smallest absolute Gasteiger partial charge is 0.321 e. The van der Waals surface area contributed by atoms with Crippen molar-refractivity contribution in [1.82, 2.24) is 9.80 Å². The number of hydrogen-bond donors (Lipinski definition) is 3. The molecule has 0 saturated heterocycles. The van der Waals surface area contributed by atoms with Crippen molar-refractivity contribution in [1.29, 1.82) is 0 Å². The van der Waals surface area contributed by atoms with Crippen LogP contribution in [-0.2, 0) is 10.0 Å². The Kier molecular flexibility index (Phi) is 9.60. The summed E-state index contributed by atoms with van der Waals surface area (Å²) in [6.07, 6.45) is -0.699. The number of carbonyl (C=O) groups excluding carboxylic acids is 2. The van der Waals surface area contributed by atoms with Gasteiger partial charge < -0.3 is 25.0 Å². The number of carbonyl (C=O) groups is 2. The minimum atomic E-state index is -4.10. The zero-order chi connectivity index (χ0) is 30.6. The number of likely N-dealkylation sites (N-methyl/N-ethyl adjacent to an activating group) is 1. The molecule has 0 unspecified atom stereocenters. The fraction of sp³-hybridized carbons (Fsp3) is 0.310. The normalized spacial score (nSPS) is 17.8. The molecule has 1 aliphatic rings. The van der Waals surface area contributed by atoms with Crippen molar-refractivity contribution in [3.8, 4) is 5.75 Å². The molecule has 13 heteroatoms. The van der Waals surface area contributed by atoms with Crippen LogP contribution >= 0.6 is 11.6 Å². The largest absolute Gasteiger partial charge is 0.485 e. The standard InChI is InChI=1S/C29H32ClFN4O6S/c1-18-15-35(19(2)17-36)28(37)24-5-4-6-25(33-42(39,40)23-13-7-20(30)8-14-23)27(24)41-26(18)16-34(3)29(38)32-22-11-9-21(31)10-12-22/h4-14,18-19,26,33,36H,15-17H2,1-3H3,(H,32,38)/t18-,19-,26-/m0/s1. The van der Waals surface area contributed by atoms with Gasteiger partial charge in [0, 0.05) is 30.2 Å². The predicted octanol–water partition coefficient (Wildman–Crippen LogP) is 4.66. The molecule has 3 aromatic carbocycles. The molecule has 0 bridgehead atoms. The maximum absolute atomic E-state index is 13.7. The number of ether oxygens (including phenoxy) is 1. The van der Waals surface area contributed by atoms with E-state index in [2.05, 4.69) is 10.0 Å². The molecule has 0 saturated carbocycles. The first-order valence-electron chi connectivity index (χ1n) is 13.2. The average Bonchev–Trinajstić information content (AvgIpc) is 2.96. The van der Waals surface area contributed by atoms with E-state index in [4.69, 9.17) is 16.3 Å². The second-order valence-corrected chi connectivity index (χ2v) is 12.3. The maximum atomic E-state index is 13.7. The highest BCUT2D eigenvalue weighted by molar-refractivity contribution is 7.92. The molecule has 0 aromatic heterocycles. The number of nitrogens with one attached hydrogen (secondary N) is 2. The molecule has 10 nitrogen and oxygen atoms in total. The summed E-state index contributed by atoms with van der Waals surface area (Å²) in [4.78, 5) is 29.5. The first-order valence-corrected chi connectivity index (χ1v) is 15.0. The second kappa shape index (κ2) is 13.0.